The highest BCUT2D eigenvalue weighted by Crippen LogP contribution is 2.27. The zero-order valence-electron chi connectivity index (χ0n) is 19.2. The molecule has 0 bridgehead atoms. The molecular weight excluding hydrogens is 495 g/mol. The zero-order valence-corrected chi connectivity index (χ0v) is 20.7. The molecule has 36 heavy (non-hydrogen) atoms. The number of aromatic nitrogens is 1. The standard InChI is InChI=1S/C28H20Cl2N4O2/c1-18-6-12-21(13-7-18)31-26-24-4-2-3-5-25(24)33-28(36-26)34(23-16-10-20(30)11-17-23)27(35)32-22-14-8-19(29)9-15-22/h2-17H,1H3,(H,32,35). The van der Waals surface area contributed by atoms with Gasteiger partial charge in [0.15, 0.2) is 0 Å². The van der Waals surface area contributed by atoms with Crippen molar-refractivity contribution in [3.63, 3.8) is 0 Å². The molecule has 178 valence electrons. The fraction of sp³-hybridized carbons (Fsp3) is 0.0357. The van der Waals surface area contributed by atoms with E-state index in [0.29, 0.717) is 32.5 Å². The number of carbonyl (C=O) groups is 1. The number of benzene rings is 4. The van der Waals surface area contributed by atoms with Crippen LogP contribution in [0.3, 0.4) is 0 Å². The molecule has 1 N–H and O–H groups in total. The Hall–Kier alpha value is -4.13. The number of urea groups is 1. The molecule has 5 aromatic rings. The summed E-state index contributed by atoms with van der Waals surface area (Å²) in [5.41, 5.74) is 3.88. The Morgan fingerprint density at radius 3 is 2.19 bits per heavy atom. The lowest BCUT2D eigenvalue weighted by Gasteiger charge is -2.21. The third-order valence-electron chi connectivity index (χ3n) is 5.38. The number of para-hydroxylation sites is 1. The maximum atomic E-state index is 13.5. The number of amides is 2. The number of fused-ring (bicyclic) bond motifs is 1. The maximum Gasteiger partial charge on any atom is 0.334 e. The fourth-order valence-corrected chi connectivity index (χ4v) is 3.80. The van der Waals surface area contributed by atoms with Crippen LogP contribution in [0.15, 0.2) is 106 Å². The normalized spacial score (nSPS) is 11.5. The zero-order chi connectivity index (χ0) is 25.1. The third kappa shape index (κ3) is 5.25. The van der Waals surface area contributed by atoms with E-state index in [2.05, 4.69) is 10.3 Å². The summed E-state index contributed by atoms with van der Waals surface area (Å²) >= 11 is 12.1. The smallest absolute Gasteiger partial charge is 0.334 e. The lowest BCUT2D eigenvalue weighted by atomic mass is 10.2. The number of aryl methyl sites for hydroxylation is 1. The molecular formula is C28H20Cl2N4O2. The molecule has 1 heterocycles. The van der Waals surface area contributed by atoms with E-state index in [4.69, 9.17) is 32.6 Å². The van der Waals surface area contributed by atoms with Gasteiger partial charge in [0.1, 0.15) is 0 Å². The molecule has 5 rings (SSSR count). The van der Waals surface area contributed by atoms with Crippen molar-refractivity contribution in [1.82, 2.24) is 4.98 Å². The van der Waals surface area contributed by atoms with Crippen LogP contribution in [0.2, 0.25) is 10.0 Å². The van der Waals surface area contributed by atoms with Gasteiger partial charge in [-0.05, 0) is 79.7 Å². The lowest BCUT2D eigenvalue weighted by Crippen LogP contribution is -2.32. The van der Waals surface area contributed by atoms with E-state index in [1.165, 1.54) is 4.90 Å². The second kappa shape index (κ2) is 10.2. The minimum Gasteiger partial charge on any atom is -0.405 e. The molecule has 0 aliphatic heterocycles. The summed E-state index contributed by atoms with van der Waals surface area (Å²) in [6, 6.07) is 28.4. The van der Waals surface area contributed by atoms with Gasteiger partial charge < -0.3 is 9.73 Å². The van der Waals surface area contributed by atoms with Crippen molar-refractivity contribution in [2.45, 2.75) is 6.92 Å². The van der Waals surface area contributed by atoms with Gasteiger partial charge in [0, 0.05) is 15.7 Å². The van der Waals surface area contributed by atoms with Crippen LogP contribution in [0.1, 0.15) is 5.56 Å². The van der Waals surface area contributed by atoms with Crippen LogP contribution in [-0.2, 0) is 0 Å². The molecule has 0 saturated carbocycles. The first kappa shape index (κ1) is 23.6. The minimum absolute atomic E-state index is 0.0494. The van der Waals surface area contributed by atoms with E-state index in [1.54, 1.807) is 48.5 Å². The quantitative estimate of drug-likeness (QED) is 0.263. The first-order valence-electron chi connectivity index (χ1n) is 11.1. The third-order valence-corrected chi connectivity index (χ3v) is 5.88. The van der Waals surface area contributed by atoms with Crippen molar-refractivity contribution < 1.29 is 9.21 Å². The first-order chi connectivity index (χ1) is 17.5. The van der Waals surface area contributed by atoms with E-state index in [0.717, 1.165) is 16.6 Å². The second-order valence-corrected chi connectivity index (χ2v) is 8.89. The van der Waals surface area contributed by atoms with Crippen LogP contribution in [0.5, 0.6) is 0 Å². The van der Waals surface area contributed by atoms with Gasteiger partial charge in [0.05, 0.1) is 22.3 Å². The van der Waals surface area contributed by atoms with Crippen LogP contribution < -0.4 is 15.8 Å². The average Bonchev–Trinajstić information content (AvgIpc) is 2.88. The summed E-state index contributed by atoms with van der Waals surface area (Å²) in [4.78, 5) is 24.2. The van der Waals surface area contributed by atoms with Crippen molar-refractivity contribution in [2.24, 2.45) is 4.99 Å². The minimum atomic E-state index is -0.479. The predicted octanol–water partition coefficient (Wildman–Crippen LogP) is 8.05. The Morgan fingerprint density at radius 1 is 0.861 bits per heavy atom. The van der Waals surface area contributed by atoms with Gasteiger partial charge in [0.2, 0.25) is 5.55 Å². The topological polar surface area (TPSA) is 70.7 Å². The lowest BCUT2D eigenvalue weighted by molar-refractivity contribution is 0.257. The highest BCUT2D eigenvalue weighted by Gasteiger charge is 2.23. The van der Waals surface area contributed by atoms with Gasteiger partial charge >= 0.3 is 12.0 Å². The molecule has 0 aliphatic carbocycles. The predicted molar refractivity (Wildman–Crippen MR) is 144 cm³/mol. The summed E-state index contributed by atoms with van der Waals surface area (Å²) in [5.74, 6) is 0. The summed E-state index contributed by atoms with van der Waals surface area (Å²) < 4.78 is 6.18. The van der Waals surface area contributed by atoms with Crippen LogP contribution in [0.4, 0.5) is 27.9 Å². The molecule has 0 radical (unpaired) electrons. The monoisotopic (exact) mass is 514 g/mol. The van der Waals surface area contributed by atoms with Crippen molar-refractivity contribution >= 4 is 63.2 Å². The van der Waals surface area contributed by atoms with Crippen molar-refractivity contribution in [3.8, 4) is 0 Å². The highest BCUT2D eigenvalue weighted by molar-refractivity contribution is 6.31. The number of halogens is 2. The maximum absolute atomic E-state index is 13.5. The SMILES string of the molecule is Cc1ccc(N=c2oc(N(C(=O)Nc3ccc(Cl)cc3)c3ccc(Cl)cc3)nc3ccccc23)cc1. The molecule has 0 aliphatic rings. The fourth-order valence-electron chi connectivity index (χ4n) is 3.55. The number of anilines is 3. The number of nitrogens with one attached hydrogen (secondary N) is 1. The number of hydrogen-bond acceptors (Lipinski definition) is 4. The highest BCUT2D eigenvalue weighted by atomic mass is 35.5. The van der Waals surface area contributed by atoms with Crippen molar-refractivity contribution in [1.29, 1.82) is 0 Å². The summed E-state index contributed by atoms with van der Waals surface area (Å²) in [6.07, 6.45) is 0. The Balaban J connectivity index is 1.66. The summed E-state index contributed by atoms with van der Waals surface area (Å²) in [7, 11) is 0. The second-order valence-electron chi connectivity index (χ2n) is 8.01. The van der Waals surface area contributed by atoms with Gasteiger partial charge in [0.25, 0.3) is 0 Å². The number of nitrogens with zero attached hydrogens (tertiary/aromatic N) is 3. The molecule has 8 heteroatoms. The van der Waals surface area contributed by atoms with Gasteiger partial charge in [-0.15, -0.1) is 0 Å². The van der Waals surface area contributed by atoms with Crippen molar-refractivity contribution in [2.75, 3.05) is 10.2 Å². The molecule has 0 unspecified atom stereocenters. The van der Waals surface area contributed by atoms with Gasteiger partial charge in [-0.3, -0.25) is 0 Å². The Kier molecular flexibility index (Phi) is 6.71. The number of rotatable bonds is 4. The number of hydrogen-bond donors (Lipinski definition) is 1. The molecule has 6 nitrogen and oxygen atoms in total. The molecule has 1 aromatic heterocycles. The van der Waals surface area contributed by atoms with E-state index in [9.17, 15) is 4.79 Å². The van der Waals surface area contributed by atoms with E-state index in [-0.39, 0.29) is 6.01 Å². The summed E-state index contributed by atoms with van der Waals surface area (Å²) in [6.45, 7) is 2.01. The van der Waals surface area contributed by atoms with E-state index < -0.39 is 6.03 Å². The van der Waals surface area contributed by atoms with Gasteiger partial charge in [-0.2, -0.15) is 4.98 Å². The Morgan fingerprint density at radius 2 is 1.50 bits per heavy atom. The molecule has 0 saturated heterocycles. The van der Waals surface area contributed by atoms with Crippen LogP contribution >= 0.6 is 23.2 Å². The average molecular weight is 515 g/mol. The van der Waals surface area contributed by atoms with Crippen molar-refractivity contribution in [3.05, 3.63) is 118 Å². The molecule has 0 fully saturated rings. The number of carbonyl (C=O) groups excluding carboxylic acids is 1. The molecule has 2 amide bonds. The largest absolute Gasteiger partial charge is 0.405 e. The van der Waals surface area contributed by atoms with Crippen LogP contribution in [0.25, 0.3) is 10.9 Å². The Bertz CT molecular complexity index is 1600. The van der Waals surface area contributed by atoms with Crippen LogP contribution in [-0.4, -0.2) is 11.0 Å². The van der Waals surface area contributed by atoms with Crippen LogP contribution in [0, 0.1) is 6.92 Å². The molecule has 0 atom stereocenters. The van der Waals surface area contributed by atoms with Gasteiger partial charge in [-0.1, -0.05) is 53.0 Å². The Labute approximate surface area is 217 Å². The molecule has 0 spiro atoms. The summed E-state index contributed by atoms with van der Waals surface area (Å²) in [5, 5.41) is 4.69. The molecule has 4 aromatic carbocycles. The van der Waals surface area contributed by atoms with Gasteiger partial charge in [-0.25, -0.2) is 14.7 Å². The van der Waals surface area contributed by atoms with E-state index in [1.807, 2.05) is 55.5 Å². The first-order valence-corrected chi connectivity index (χ1v) is 11.9. The van der Waals surface area contributed by atoms with E-state index >= 15 is 0 Å².